The summed E-state index contributed by atoms with van der Waals surface area (Å²) >= 11 is 0. The molecule has 0 saturated heterocycles. The highest BCUT2D eigenvalue weighted by atomic mass is 19.3. The van der Waals surface area contributed by atoms with E-state index in [0.717, 1.165) is 6.42 Å². The van der Waals surface area contributed by atoms with Gasteiger partial charge in [0.15, 0.2) is 0 Å². The van der Waals surface area contributed by atoms with E-state index in [0.29, 0.717) is 5.56 Å². The number of Topliss-reactive ketones (excluding diaryl/α,β-unsaturated/α-hetero) is 1. The summed E-state index contributed by atoms with van der Waals surface area (Å²) in [6, 6.07) is 6.38. The Labute approximate surface area is 117 Å². The molecule has 1 aliphatic carbocycles. The topological polar surface area (TPSA) is 26.3 Å². The smallest absolute Gasteiger partial charge is 0.387 e. The zero-order chi connectivity index (χ0) is 14.7. The molecule has 4 heteroatoms. The number of rotatable bonds is 4. The van der Waals surface area contributed by atoms with Crippen molar-refractivity contribution in [2.24, 2.45) is 11.8 Å². The lowest BCUT2D eigenvalue weighted by atomic mass is 9.76. The van der Waals surface area contributed by atoms with Crippen LogP contribution >= 0.6 is 0 Å². The number of ether oxygens (including phenoxy) is 1. The van der Waals surface area contributed by atoms with Crippen molar-refractivity contribution in [3.8, 4) is 5.75 Å². The highest BCUT2D eigenvalue weighted by molar-refractivity contribution is 5.91. The molecule has 20 heavy (non-hydrogen) atoms. The normalized spacial score (nSPS) is 22.6. The van der Waals surface area contributed by atoms with Crippen LogP contribution in [-0.4, -0.2) is 12.4 Å². The van der Waals surface area contributed by atoms with Crippen LogP contribution in [0.1, 0.15) is 31.7 Å². The lowest BCUT2D eigenvalue weighted by molar-refractivity contribution is -0.124. The fraction of sp³-hybridized carbons (Fsp3) is 0.438. The predicted molar refractivity (Wildman–Crippen MR) is 72.9 cm³/mol. The summed E-state index contributed by atoms with van der Waals surface area (Å²) < 4.78 is 28.9. The van der Waals surface area contributed by atoms with Gasteiger partial charge in [-0.05, 0) is 30.0 Å². The summed E-state index contributed by atoms with van der Waals surface area (Å²) in [5.41, 5.74) is 0.703. The molecule has 1 aromatic rings. The molecular weight excluding hydrogens is 262 g/mol. The molecule has 0 amide bonds. The first kappa shape index (κ1) is 14.7. The van der Waals surface area contributed by atoms with Gasteiger partial charge in [-0.2, -0.15) is 8.78 Å². The second-order valence-corrected chi connectivity index (χ2v) is 5.35. The van der Waals surface area contributed by atoms with Crippen molar-refractivity contribution in [3.63, 3.8) is 0 Å². The van der Waals surface area contributed by atoms with Gasteiger partial charge in [-0.3, -0.25) is 4.79 Å². The number of hydrogen-bond acceptors (Lipinski definition) is 2. The Morgan fingerprint density at radius 2 is 2.05 bits per heavy atom. The molecule has 1 aromatic carbocycles. The maximum atomic E-state index is 12.5. The fourth-order valence-corrected chi connectivity index (χ4v) is 2.56. The van der Waals surface area contributed by atoms with Gasteiger partial charge in [-0.15, -0.1) is 0 Å². The minimum atomic E-state index is -2.86. The first-order valence-corrected chi connectivity index (χ1v) is 6.74. The van der Waals surface area contributed by atoms with Crippen molar-refractivity contribution in [1.29, 1.82) is 0 Å². The van der Waals surface area contributed by atoms with Crippen molar-refractivity contribution >= 4 is 5.78 Å². The van der Waals surface area contributed by atoms with Gasteiger partial charge in [0, 0.05) is 5.92 Å². The Kier molecular flexibility index (Phi) is 4.53. The molecule has 2 atom stereocenters. The van der Waals surface area contributed by atoms with Crippen molar-refractivity contribution in [1.82, 2.24) is 0 Å². The molecule has 2 nitrogen and oxygen atoms in total. The number of alkyl halides is 2. The third-order valence-electron chi connectivity index (χ3n) is 3.64. The molecule has 0 spiro atoms. The summed E-state index contributed by atoms with van der Waals surface area (Å²) in [6.07, 6.45) is 4.60. The molecule has 2 rings (SSSR count). The molecule has 0 bridgehead atoms. The Morgan fingerprint density at radius 1 is 1.30 bits per heavy atom. The van der Waals surface area contributed by atoms with E-state index in [1.54, 1.807) is 12.1 Å². The highest BCUT2D eigenvalue weighted by Crippen LogP contribution is 2.33. The van der Waals surface area contributed by atoms with E-state index in [-0.39, 0.29) is 29.3 Å². The van der Waals surface area contributed by atoms with Crippen molar-refractivity contribution < 1.29 is 18.3 Å². The summed E-state index contributed by atoms with van der Waals surface area (Å²) in [5, 5.41) is 0. The number of hydrogen-bond donors (Lipinski definition) is 0. The third-order valence-corrected chi connectivity index (χ3v) is 3.64. The number of ketones is 1. The van der Waals surface area contributed by atoms with Crippen LogP contribution in [0, 0.1) is 11.8 Å². The van der Waals surface area contributed by atoms with Gasteiger partial charge in [-0.25, -0.2) is 0 Å². The molecule has 0 radical (unpaired) electrons. The van der Waals surface area contributed by atoms with E-state index in [2.05, 4.69) is 4.74 Å². The zero-order valence-corrected chi connectivity index (χ0v) is 11.6. The standard InChI is InChI=1S/C16H18F2O2/c1-10(2)13-7-4-8-14(15(13)19)11-5-3-6-12(9-11)20-16(17)18/h3-6,8-10,13-14,16H,7H2,1-2H3. The molecule has 2 unspecified atom stereocenters. The Bertz CT molecular complexity index is 509. The van der Waals surface area contributed by atoms with Gasteiger partial charge >= 0.3 is 6.61 Å². The van der Waals surface area contributed by atoms with Crippen LogP contribution in [0.25, 0.3) is 0 Å². The van der Waals surface area contributed by atoms with E-state index in [4.69, 9.17) is 0 Å². The summed E-state index contributed by atoms with van der Waals surface area (Å²) in [6.45, 7) is 1.19. The highest BCUT2D eigenvalue weighted by Gasteiger charge is 2.30. The van der Waals surface area contributed by atoms with Crippen LogP contribution in [0.5, 0.6) is 5.75 Å². The second kappa shape index (κ2) is 6.16. The average Bonchev–Trinajstić information content (AvgIpc) is 2.38. The first-order valence-electron chi connectivity index (χ1n) is 6.74. The Hall–Kier alpha value is -1.71. The van der Waals surface area contributed by atoms with Crippen LogP contribution in [0.2, 0.25) is 0 Å². The minimum Gasteiger partial charge on any atom is -0.435 e. The average molecular weight is 280 g/mol. The lowest BCUT2D eigenvalue weighted by Crippen LogP contribution is -2.27. The van der Waals surface area contributed by atoms with Gasteiger partial charge in [0.1, 0.15) is 11.5 Å². The maximum absolute atomic E-state index is 12.5. The van der Waals surface area contributed by atoms with Gasteiger partial charge in [-0.1, -0.05) is 38.1 Å². The molecule has 0 saturated carbocycles. The van der Waals surface area contributed by atoms with Gasteiger partial charge < -0.3 is 4.74 Å². The van der Waals surface area contributed by atoms with Crippen molar-refractivity contribution in [3.05, 3.63) is 42.0 Å². The summed E-state index contributed by atoms with van der Waals surface area (Å²) in [7, 11) is 0. The molecule has 108 valence electrons. The Balaban J connectivity index is 2.24. The molecule has 0 aromatic heterocycles. The number of halogens is 2. The van der Waals surface area contributed by atoms with Crippen LogP contribution < -0.4 is 4.74 Å². The number of benzene rings is 1. The monoisotopic (exact) mass is 280 g/mol. The van der Waals surface area contributed by atoms with Gasteiger partial charge in [0.25, 0.3) is 0 Å². The van der Waals surface area contributed by atoms with Crippen LogP contribution in [0.15, 0.2) is 36.4 Å². The van der Waals surface area contributed by atoms with E-state index >= 15 is 0 Å². The van der Waals surface area contributed by atoms with Gasteiger partial charge in [0.2, 0.25) is 0 Å². The fourth-order valence-electron chi connectivity index (χ4n) is 2.56. The minimum absolute atomic E-state index is 0.00956. The van der Waals surface area contributed by atoms with Gasteiger partial charge in [0.05, 0.1) is 5.92 Å². The molecule has 0 aliphatic heterocycles. The lowest BCUT2D eigenvalue weighted by Gasteiger charge is -2.26. The first-order chi connectivity index (χ1) is 9.49. The molecule has 0 heterocycles. The summed E-state index contributed by atoms with van der Waals surface area (Å²) in [4.78, 5) is 12.5. The molecule has 0 N–H and O–H groups in total. The SMILES string of the molecule is CC(C)C1CC=CC(c2cccc(OC(F)F)c2)C1=O. The molecule has 0 fully saturated rings. The van der Waals surface area contributed by atoms with E-state index in [1.807, 2.05) is 26.0 Å². The maximum Gasteiger partial charge on any atom is 0.387 e. The zero-order valence-electron chi connectivity index (χ0n) is 11.6. The Morgan fingerprint density at radius 3 is 2.70 bits per heavy atom. The van der Waals surface area contributed by atoms with Crippen LogP contribution in [0.3, 0.4) is 0 Å². The number of allylic oxidation sites excluding steroid dienone is 2. The molecular formula is C16H18F2O2. The van der Waals surface area contributed by atoms with Crippen molar-refractivity contribution in [2.45, 2.75) is 32.8 Å². The van der Waals surface area contributed by atoms with Crippen LogP contribution in [0.4, 0.5) is 8.78 Å². The summed E-state index contributed by atoms with van der Waals surface area (Å²) in [5.74, 6) is 0.138. The second-order valence-electron chi connectivity index (χ2n) is 5.35. The van der Waals surface area contributed by atoms with E-state index in [1.165, 1.54) is 12.1 Å². The van der Waals surface area contributed by atoms with Crippen molar-refractivity contribution in [2.75, 3.05) is 0 Å². The van der Waals surface area contributed by atoms with Crippen LogP contribution in [-0.2, 0) is 4.79 Å². The largest absolute Gasteiger partial charge is 0.435 e. The predicted octanol–water partition coefficient (Wildman–Crippen LogP) is 4.17. The van der Waals surface area contributed by atoms with E-state index in [9.17, 15) is 13.6 Å². The third kappa shape index (κ3) is 3.24. The number of carbonyl (C=O) groups is 1. The molecule has 1 aliphatic rings. The quantitative estimate of drug-likeness (QED) is 0.774. The number of carbonyl (C=O) groups excluding carboxylic acids is 1. The van der Waals surface area contributed by atoms with E-state index < -0.39 is 6.61 Å².